The second-order valence-corrected chi connectivity index (χ2v) is 4.28. The van der Waals surface area contributed by atoms with Gasteiger partial charge in [0.2, 0.25) is 0 Å². The summed E-state index contributed by atoms with van der Waals surface area (Å²) in [5, 5.41) is 0. The zero-order valence-corrected chi connectivity index (χ0v) is 10.2. The van der Waals surface area contributed by atoms with E-state index < -0.39 is 0 Å². The van der Waals surface area contributed by atoms with Gasteiger partial charge in [-0.25, -0.2) is 0 Å². The average molecular weight is 230 g/mol. The van der Waals surface area contributed by atoms with Crippen LogP contribution in [0.1, 0.15) is 6.92 Å². The Morgan fingerprint density at radius 3 is 2.88 bits per heavy atom. The first-order chi connectivity index (χ1) is 8.25. The lowest BCUT2D eigenvalue weighted by Crippen LogP contribution is -2.33. The van der Waals surface area contributed by atoms with Crippen LogP contribution in [-0.2, 0) is 0 Å². The number of para-hydroxylation sites is 1. The Balaban J connectivity index is 1.88. The van der Waals surface area contributed by atoms with Crippen LogP contribution >= 0.6 is 0 Å². The molecule has 1 aromatic carbocycles. The molecule has 0 radical (unpaired) electrons. The molecule has 1 aliphatic rings. The van der Waals surface area contributed by atoms with Crippen molar-refractivity contribution in [1.82, 2.24) is 4.90 Å². The third kappa shape index (κ3) is 3.34. The Morgan fingerprint density at radius 2 is 2.18 bits per heavy atom. The lowest BCUT2D eigenvalue weighted by Gasteiger charge is -2.20. The first-order valence-electron chi connectivity index (χ1n) is 5.86. The van der Waals surface area contributed by atoms with Gasteiger partial charge in [0.1, 0.15) is 18.2 Å². The number of amidine groups is 1. The summed E-state index contributed by atoms with van der Waals surface area (Å²) in [6.45, 7) is 9.21. The maximum absolute atomic E-state index is 5.70. The van der Waals surface area contributed by atoms with E-state index >= 15 is 0 Å². The van der Waals surface area contributed by atoms with Crippen molar-refractivity contribution < 1.29 is 4.74 Å². The number of nitrogens with zero attached hydrogens (tertiary/aromatic N) is 2. The van der Waals surface area contributed by atoms with Gasteiger partial charge in [0.05, 0.1) is 6.54 Å². The third-order valence-electron chi connectivity index (χ3n) is 2.60. The minimum absolute atomic E-state index is 0.539. The van der Waals surface area contributed by atoms with Crippen molar-refractivity contribution in [3.63, 3.8) is 0 Å². The van der Waals surface area contributed by atoms with Crippen LogP contribution in [0.4, 0.5) is 0 Å². The fourth-order valence-electron chi connectivity index (χ4n) is 1.83. The van der Waals surface area contributed by atoms with E-state index in [0.29, 0.717) is 6.61 Å². The van der Waals surface area contributed by atoms with Gasteiger partial charge in [-0.3, -0.25) is 4.99 Å². The number of benzene rings is 1. The van der Waals surface area contributed by atoms with Gasteiger partial charge in [-0.15, -0.1) is 0 Å². The van der Waals surface area contributed by atoms with Crippen LogP contribution in [0, 0.1) is 0 Å². The number of aliphatic imine (C=N–C) groups is 1. The van der Waals surface area contributed by atoms with Gasteiger partial charge in [0, 0.05) is 13.1 Å². The summed E-state index contributed by atoms with van der Waals surface area (Å²) in [6.07, 6.45) is 0. The molecule has 1 heterocycles. The normalized spacial score (nSPS) is 14.6. The van der Waals surface area contributed by atoms with Gasteiger partial charge in [-0.1, -0.05) is 30.4 Å². The zero-order chi connectivity index (χ0) is 12.1. The van der Waals surface area contributed by atoms with Crippen LogP contribution in [-0.4, -0.2) is 37.0 Å². The number of hydrogen-bond acceptors (Lipinski definition) is 3. The van der Waals surface area contributed by atoms with Gasteiger partial charge in [0.15, 0.2) is 0 Å². The molecule has 0 bridgehead atoms. The summed E-state index contributed by atoms with van der Waals surface area (Å²) in [6, 6.07) is 9.83. The van der Waals surface area contributed by atoms with E-state index in [1.165, 1.54) is 0 Å². The Kier molecular flexibility index (Phi) is 3.81. The van der Waals surface area contributed by atoms with Crippen molar-refractivity contribution >= 4 is 5.84 Å². The Bertz CT molecular complexity index is 411. The van der Waals surface area contributed by atoms with Crippen molar-refractivity contribution in [1.29, 1.82) is 0 Å². The molecule has 0 unspecified atom stereocenters. The van der Waals surface area contributed by atoms with Gasteiger partial charge in [-0.05, 0) is 19.1 Å². The first-order valence-corrected chi connectivity index (χ1v) is 5.86. The van der Waals surface area contributed by atoms with Crippen molar-refractivity contribution in [2.45, 2.75) is 6.92 Å². The predicted molar refractivity (Wildman–Crippen MR) is 70.6 cm³/mol. The van der Waals surface area contributed by atoms with Crippen LogP contribution in [0.2, 0.25) is 0 Å². The summed E-state index contributed by atoms with van der Waals surface area (Å²) in [7, 11) is 0. The molecule has 0 saturated carbocycles. The third-order valence-corrected chi connectivity index (χ3v) is 2.60. The van der Waals surface area contributed by atoms with Gasteiger partial charge in [-0.2, -0.15) is 0 Å². The highest BCUT2D eigenvalue weighted by atomic mass is 16.5. The molecule has 3 nitrogen and oxygen atoms in total. The fourth-order valence-corrected chi connectivity index (χ4v) is 1.83. The molecule has 0 atom stereocenters. The molecule has 0 N–H and O–H groups in total. The van der Waals surface area contributed by atoms with Crippen LogP contribution < -0.4 is 4.74 Å². The minimum Gasteiger partial charge on any atom is -0.486 e. The second-order valence-electron chi connectivity index (χ2n) is 4.28. The predicted octanol–water partition coefficient (Wildman–Crippen LogP) is 2.36. The lowest BCUT2D eigenvalue weighted by molar-refractivity contribution is 0.353. The second kappa shape index (κ2) is 5.53. The Labute approximate surface area is 102 Å². The van der Waals surface area contributed by atoms with E-state index in [-0.39, 0.29) is 0 Å². The van der Waals surface area contributed by atoms with E-state index in [0.717, 1.165) is 36.8 Å². The van der Waals surface area contributed by atoms with Crippen molar-refractivity contribution in [2.75, 3.05) is 26.2 Å². The summed E-state index contributed by atoms with van der Waals surface area (Å²) in [5.41, 5.74) is 1.15. The summed E-state index contributed by atoms with van der Waals surface area (Å²) in [5.74, 6) is 1.91. The molecule has 2 rings (SSSR count). The maximum atomic E-state index is 5.70. The summed E-state index contributed by atoms with van der Waals surface area (Å²) < 4.78 is 5.70. The van der Waals surface area contributed by atoms with E-state index in [1.54, 1.807) is 0 Å². The van der Waals surface area contributed by atoms with Crippen molar-refractivity contribution in [3.8, 4) is 5.75 Å². The molecule has 3 heteroatoms. The van der Waals surface area contributed by atoms with E-state index in [4.69, 9.17) is 4.74 Å². The zero-order valence-electron chi connectivity index (χ0n) is 10.2. The highest BCUT2D eigenvalue weighted by Gasteiger charge is 2.16. The fraction of sp³-hybridized carbons (Fsp3) is 0.357. The van der Waals surface area contributed by atoms with Crippen LogP contribution in [0.3, 0.4) is 0 Å². The molecule has 0 amide bonds. The molecule has 0 saturated heterocycles. The largest absolute Gasteiger partial charge is 0.486 e. The smallest absolute Gasteiger partial charge is 0.145 e. The van der Waals surface area contributed by atoms with E-state index in [1.807, 2.05) is 37.3 Å². The number of ether oxygens (including phenoxy) is 1. The maximum Gasteiger partial charge on any atom is 0.145 e. The molecule has 1 aliphatic heterocycles. The summed E-state index contributed by atoms with van der Waals surface area (Å²) >= 11 is 0. The van der Waals surface area contributed by atoms with Crippen molar-refractivity contribution in [2.24, 2.45) is 4.99 Å². The number of hydrogen-bond donors (Lipinski definition) is 0. The quantitative estimate of drug-likeness (QED) is 0.725. The topological polar surface area (TPSA) is 24.8 Å². The monoisotopic (exact) mass is 230 g/mol. The highest BCUT2D eigenvalue weighted by Crippen LogP contribution is 2.10. The number of rotatable bonds is 5. The van der Waals surface area contributed by atoms with Crippen LogP contribution in [0.5, 0.6) is 5.75 Å². The first kappa shape index (κ1) is 11.7. The average Bonchev–Trinajstić information content (AvgIpc) is 2.74. The van der Waals surface area contributed by atoms with Crippen molar-refractivity contribution in [3.05, 3.63) is 42.5 Å². The van der Waals surface area contributed by atoms with Gasteiger partial charge >= 0.3 is 0 Å². The van der Waals surface area contributed by atoms with E-state index in [2.05, 4.69) is 16.5 Å². The molecular weight excluding hydrogens is 212 g/mol. The Morgan fingerprint density at radius 1 is 1.41 bits per heavy atom. The molecule has 0 spiro atoms. The lowest BCUT2D eigenvalue weighted by atomic mass is 10.3. The SMILES string of the molecule is C=C(C)CN1CCN=C1COc1ccccc1. The highest BCUT2D eigenvalue weighted by molar-refractivity contribution is 5.85. The molecular formula is C14H18N2O. The standard InChI is InChI=1S/C14H18N2O/c1-12(2)10-16-9-8-15-14(16)11-17-13-6-4-3-5-7-13/h3-7H,1,8-11H2,2H3. The van der Waals surface area contributed by atoms with E-state index in [9.17, 15) is 0 Å². The van der Waals surface area contributed by atoms with Gasteiger partial charge < -0.3 is 9.64 Å². The molecule has 90 valence electrons. The Hall–Kier alpha value is -1.77. The molecule has 1 aromatic rings. The van der Waals surface area contributed by atoms with Crippen LogP contribution in [0.25, 0.3) is 0 Å². The molecule has 0 aromatic heterocycles. The van der Waals surface area contributed by atoms with Gasteiger partial charge in [0.25, 0.3) is 0 Å². The summed E-state index contributed by atoms with van der Waals surface area (Å²) in [4.78, 5) is 6.69. The molecule has 0 fully saturated rings. The minimum atomic E-state index is 0.539. The molecule has 0 aliphatic carbocycles. The molecule has 17 heavy (non-hydrogen) atoms. The van der Waals surface area contributed by atoms with Crippen LogP contribution in [0.15, 0.2) is 47.5 Å².